The maximum absolute atomic E-state index is 12.9. The molecular formula is C9H10ClFN2. The molecule has 2 nitrogen and oxygen atoms in total. The van der Waals surface area contributed by atoms with Gasteiger partial charge in [0.1, 0.15) is 17.1 Å². The van der Waals surface area contributed by atoms with E-state index in [1.165, 1.54) is 0 Å². The zero-order chi connectivity index (χ0) is 9.26. The minimum atomic E-state index is -0.721. The lowest BCUT2D eigenvalue weighted by molar-refractivity contribution is 0.364. The zero-order valence-electron chi connectivity index (χ0n) is 7.08. The highest BCUT2D eigenvalue weighted by Gasteiger charge is 2.22. The average Bonchev–Trinajstić information content (AvgIpc) is 2.52. The molecule has 0 N–H and O–H groups in total. The second-order valence-electron chi connectivity index (χ2n) is 3.15. The molecule has 4 heteroatoms. The van der Waals surface area contributed by atoms with Gasteiger partial charge in [-0.2, -0.15) is 0 Å². The van der Waals surface area contributed by atoms with Crippen molar-refractivity contribution in [1.82, 2.24) is 4.98 Å². The first-order valence-electron chi connectivity index (χ1n) is 4.27. The molecule has 1 fully saturated rings. The van der Waals surface area contributed by atoms with Crippen molar-refractivity contribution in [3.8, 4) is 0 Å². The molecule has 0 aliphatic carbocycles. The molecule has 0 spiro atoms. The van der Waals surface area contributed by atoms with Gasteiger partial charge >= 0.3 is 0 Å². The smallest absolute Gasteiger partial charge is 0.131 e. The van der Waals surface area contributed by atoms with Crippen LogP contribution in [-0.4, -0.2) is 24.2 Å². The van der Waals surface area contributed by atoms with Crippen molar-refractivity contribution in [1.29, 1.82) is 0 Å². The van der Waals surface area contributed by atoms with Gasteiger partial charge in [0.25, 0.3) is 0 Å². The van der Waals surface area contributed by atoms with E-state index < -0.39 is 6.17 Å². The van der Waals surface area contributed by atoms with Crippen LogP contribution in [0.1, 0.15) is 6.42 Å². The topological polar surface area (TPSA) is 16.1 Å². The third-order valence-corrected chi connectivity index (χ3v) is 2.37. The Balaban J connectivity index is 2.16. The predicted molar refractivity (Wildman–Crippen MR) is 51.0 cm³/mol. The highest BCUT2D eigenvalue weighted by atomic mass is 35.5. The van der Waals surface area contributed by atoms with E-state index in [-0.39, 0.29) is 0 Å². The van der Waals surface area contributed by atoms with Gasteiger partial charge < -0.3 is 4.90 Å². The van der Waals surface area contributed by atoms with E-state index in [1.807, 2.05) is 17.0 Å². The molecule has 1 atom stereocenters. The molecule has 13 heavy (non-hydrogen) atoms. The molecule has 1 saturated heterocycles. The second kappa shape index (κ2) is 3.50. The lowest BCUT2D eigenvalue weighted by Crippen LogP contribution is -2.20. The van der Waals surface area contributed by atoms with Gasteiger partial charge in [0.15, 0.2) is 0 Å². The van der Waals surface area contributed by atoms with Crippen LogP contribution in [0, 0.1) is 0 Å². The number of anilines is 1. The SMILES string of the molecule is FC1CCN(c2cccc(Cl)n2)C1. The summed E-state index contributed by atoms with van der Waals surface area (Å²) in [6.45, 7) is 1.17. The molecule has 0 radical (unpaired) electrons. The lowest BCUT2D eigenvalue weighted by atomic mass is 10.3. The number of alkyl halides is 1. The van der Waals surface area contributed by atoms with Crippen molar-refractivity contribution in [2.24, 2.45) is 0 Å². The summed E-state index contributed by atoms with van der Waals surface area (Å²) >= 11 is 5.73. The molecule has 1 aliphatic rings. The lowest BCUT2D eigenvalue weighted by Gasteiger charge is -2.15. The number of rotatable bonds is 1. The van der Waals surface area contributed by atoms with Gasteiger partial charge in [-0.25, -0.2) is 9.37 Å². The van der Waals surface area contributed by atoms with Crippen molar-refractivity contribution in [3.05, 3.63) is 23.4 Å². The van der Waals surface area contributed by atoms with Crippen LogP contribution in [0.25, 0.3) is 0 Å². The Morgan fingerprint density at radius 3 is 3.00 bits per heavy atom. The Morgan fingerprint density at radius 2 is 2.38 bits per heavy atom. The van der Waals surface area contributed by atoms with Crippen LogP contribution in [0.3, 0.4) is 0 Å². The summed E-state index contributed by atoms with van der Waals surface area (Å²) in [5.41, 5.74) is 0. The van der Waals surface area contributed by atoms with Crippen molar-refractivity contribution in [2.45, 2.75) is 12.6 Å². The van der Waals surface area contributed by atoms with E-state index in [2.05, 4.69) is 4.98 Å². The van der Waals surface area contributed by atoms with Crippen molar-refractivity contribution < 1.29 is 4.39 Å². The minimum absolute atomic E-state index is 0.438. The van der Waals surface area contributed by atoms with Crippen LogP contribution >= 0.6 is 11.6 Å². The van der Waals surface area contributed by atoms with Crippen LogP contribution in [0.5, 0.6) is 0 Å². The Morgan fingerprint density at radius 1 is 1.54 bits per heavy atom. The maximum atomic E-state index is 12.9. The fourth-order valence-corrected chi connectivity index (χ4v) is 1.66. The molecule has 2 rings (SSSR count). The summed E-state index contributed by atoms with van der Waals surface area (Å²) in [5.74, 6) is 0.771. The highest BCUT2D eigenvalue weighted by Crippen LogP contribution is 2.20. The van der Waals surface area contributed by atoms with Gasteiger partial charge in [-0.05, 0) is 18.6 Å². The molecule has 0 amide bonds. The zero-order valence-corrected chi connectivity index (χ0v) is 7.84. The fraction of sp³-hybridized carbons (Fsp3) is 0.444. The third-order valence-electron chi connectivity index (χ3n) is 2.16. The van der Waals surface area contributed by atoms with E-state index >= 15 is 0 Å². The summed E-state index contributed by atoms with van der Waals surface area (Å²) in [6, 6.07) is 5.40. The molecule has 0 bridgehead atoms. The number of hydrogen-bond acceptors (Lipinski definition) is 2. The molecule has 2 heterocycles. The average molecular weight is 201 g/mol. The number of aromatic nitrogens is 1. The standard InChI is InChI=1S/C9H10ClFN2/c10-8-2-1-3-9(12-8)13-5-4-7(11)6-13/h1-3,7H,4-6H2. The quantitative estimate of drug-likeness (QED) is 0.647. The Kier molecular flexibility index (Phi) is 2.36. The Bertz CT molecular complexity index is 305. The van der Waals surface area contributed by atoms with Gasteiger partial charge in [0.2, 0.25) is 0 Å². The van der Waals surface area contributed by atoms with Crippen molar-refractivity contribution >= 4 is 17.4 Å². The van der Waals surface area contributed by atoms with Crippen LogP contribution in [-0.2, 0) is 0 Å². The largest absolute Gasteiger partial charge is 0.354 e. The normalized spacial score (nSPS) is 22.3. The van der Waals surface area contributed by atoms with Crippen LogP contribution in [0.2, 0.25) is 5.15 Å². The monoisotopic (exact) mass is 200 g/mol. The summed E-state index contributed by atoms with van der Waals surface area (Å²) in [6.07, 6.45) is -0.130. The van der Waals surface area contributed by atoms with E-state index in [1.54, 1.807) is 6.07 Å². The maximum Gasteiger partial charge on any atom is 0.131 e. The van der Waals surface area contributed by atoms with Gasteiger partial charge in [-0.1, -0.05) is 17.7 Å². The van der Waals surface area contributed by atoms with Crippen molar-refractivity contribution in [2.75, 3.05) is 18.0 Å². The van der Waals surface area contributed by atoms with Gasteiger partial charge in [0.05, 0.1) is 6.54 Å². The molecule has 1 aromatic heterocycles. The Labute approximate surface area is 81.3 Å². The molecule has 1 aliphatic heterocycles. The van der Waals surface area contributed by atoms with Gasteiger partial charge in [0, 0.05) is 6.54 Å². The van der Waals surface area contributed by atoms with Crippen LogP contribution in [0.4, 0.5) is 10.2 Å². The van der Waals surface area contributed by atoms with E-state index in [9.17, 15) is 4.39 Å². The highest BCUT2D eigenvalue weighted by molar-refractivity contribution is 6.29. The molecular weight excluding hydrogens is 191 g/mol. The number of hydrogen-bond donors (Lipinski definition) is 0. The first kappa shape index (κ1) is 8.75. The Hall–Kier alpha value is -0.830. The number of nitrogens with zero attached hydrogens (tertiary/aromatic N) is 2. The van der Waals surface area contributed by atoms with Crippen molar-refractivity contribution in [3.63, 3.8) is 0 Å². The number of pyridine rings is 1. The van der Waals surface area contributed by atoms with E-state index in [0.717, 1.165) is 12.4 Å². The summed E-state index contributed by atoms with van der Waals surface area (Å²) in [4.78, 5) is 6.03. The van der Waals surface area contributed by atoms with Crippen LogP contribution in [0.15, 0.2) is 18.2 Å². The first-order valence-corrected chi connectivity index (χ1v) is 4.65. The number of halogens is 2. The summed E-state index contributed by atoms with van der Waals surface area (Å²) < 4.78 is 12.9. The minimum Gasteiger partial charge on any atom is -0.354 e. The van der Waals surface area contributed by atoms with Gasteiger partial charge in [-0.3, -0.25) is 0 Å². The predicted octanol–water partition coefficient (Wildman–Crippen LogP) is 2.28. The summed E-state index contributed by atoms with van der Waals surface area (Å²) in [5, 5.41) is 0.458. The second-order valence-corrected chi connectivity index (χ2v) is 3.54. The fourth-order valence-electron chi connectivity index (χ4n) is 1.50. The van der Waals surface area contributed by atoms with E-state index in [0.29, 0.717) is 18.1 Å². The molecule has 0 aromatic carbocycles. The molecule has 1 unspecified atom stereocenters. The van der Waals surface area contributed by atoms with Crippen LogP contribution < -0.4 is 4.90 Å². The molecule has 70 valence electrons. The third kappa shape index (κ3) is 1.91. The van der Waals surface area contributed by atoms with Gasteiger partial charge in [-0.15, -0.1) is 0 Å². The molecule has 1 aromatic rings. The van der Waals surface area contributed by atoms with E-state index in [4.69, 9.17) is 11.6 Å². The molecule has 0 saturated carbocycles. The summed E-state index contributed by atoms with van der Waals surface area (Å²) in [7, 11) is 0. The first-order chi connectivity index (χ1) is 6.25.